The lowest BCUT2D eigenvalue weighted by atomic mass is 9.92. The van der Waals surface area contributed by atoms with Gasteiger partial charge in [0, 0.05) is 13.1 Å². The van der Waals surface area contributed by atoms with Crippen molar-refractivity contribution in [2.45, 2.75) is 64.9 Å². The van der Waals surface area contributed by atoms with E-state index in [1.165, 1.54) is 32.1 Å². The quantitative estimate of drug-likeness (QED) is 0.405. The second-order valence-electron chi connectivity index (χ2n) is 5.58. The lowest BCUT2D eigenvalue weighted by molar-refractivity contribution is 0.0317. The van der Waals surface area contributed by atoms with Gasteiger partial charge in [0.05, 0.1) is 25.9 Å². The van der Waals surface area contributed by atoms with Crippen molar-refractivity contribution in [2.24, 2.45) is 5.92 Å². The van der Waals surface area contributed by atoms with Crippen LogP contribution in [0, 0.1) is 5.92 Å². The Bertz CT molecular complexity index is 185. The normalized spacial score (nSPS) is 13.1. The topological polar surface area (TPSA) is 61.7 Å². The molecular weight excluding hydrogens is 254 g/mol. The number of hydrogen-bond donors (Lipinski definition) is 3. The molecule has 20 heavy (non-hydrogen) atoms. The summed E-state index contributed by atoms with van der Waals surface area (Å²) in [6, 6.07) is 0. The third kappa shape index (κ3) is 12.9. The molecule has 0 aromatic carbocycles. The Hall–Kier alpha value is -0.160. The second kappa shape index (κ2) is 15.2. The van der Waals surface area contributed by atoms with Crippen LogP contribution in [-0.4, -0.2) is 49.2 Å². The van der Waals surface area contributed by atoms with Crippen LogP contribution in [0.4, 0.5) is 0 Å². The summed E-state index contributed by atoms with van der Waals surface area (Å²) in [7, 11) is 0. The monoisotopic (exact) mass is 289 g/mol. The van der Waals surface area contributed by atoms with E-state index >= 15 is 0 Å². The minimum Gasteiger partial charge on any atom is -0.395 e. The van der Waals surface area contributed by atoms with E-state index in [9.17, 15) is 5.11 Å². The number of ether oxygens (including phenoxy) is 1. The highest BCUT2D eigenvalue weighted by Crippen LogP contribution is 2.20. The Morgan fingerprint density at radius 2 is 1.70 bits per heavy atom. The molecule has 0 fully saturated rings. The zero-order chi connectivity index (χ0) is 15.1. The largest absolute Gasteiger partial charge is 0.395 e. The van der Waals surface area contributed by atoms with Crippen LogP contribution in [0.5, 0.6) is 0 Å². The zero-order valence-electron chi connectivity index (χ0n) is 13.4. The van der Waals surface area contributed by atoms with E-state index in [0.29, 0.717) is 19.8 Å². The predicted octanol–water partition coefficient (Wildman–Crippen LogP) is 2.33. The van der Waals surface area contributed by atoms with Crippen LogP contribution >= 0.6 is 0 Å². The maximum Gasteiger partial charge on any atom is 0.0773 e. The molecule has 0 heterocycles. The minimum atomic E-state index is -0.336. The molecule has 0 aliphatic rings. The molecule has 0 rings (SSSR count). The number of hydrogen-bond acceptors (Lipinski definition) is 4. The highest BCUT2D eigenvalue weighted by atomic mass is 16.5. The molecule has 0 spiro atoms. The summed E-state index contributed by atoms with van der Waals surface area (Å²) in [6.45, 7) is 6.98. The second-order valence-corrected chi connectivity index (χ2v) is 5.58. The molecule has 0 aromatic heterocycles. The Balaban J connectivity index is 3.44. The first-order valence-corrected chi connectivity index (χ1v) is 8.31. The van der Waals surface area contributed by atoms with Crippen LogP contribution < -0.4 is 5.32 Å². The average Bonchev–Trinajstić information content (AvgIpc) is 2.43. The van der Waals surface area contributed by atoms with Gasteiger partial charge in [0.1, 0.15) is 0 Å². The van der Waals surface area contributed by atoms with Crippen LogP contribution in [0.15, 0.2) is 0 Å². The van der Waals surface area contributed by atoms with Crippen LogP contribution in [0.1, 0.15) is 58.8 Å². The lowest BCUT2D eigenvalue weighted by Gasteiger charge is -2.16. The van der Waals surface area contributed by atoms with Crippen molar-refractivity contribution in [3.05, 3.63) is 0 Å². The third-order valence-corrected chi connectivity index (χ3v) is 3.57. The molecular formula is C16H35NO3. The van der Waals surface area contributed by atoms with Gasteiger partial charge in [0.15, 0.2) is 0 Å². The van der Waals surface area contributed by atoms with Crippen molar-refractivity contribution in [3.8, 4) is 0 Å². The molecule has 0 saturated heterocycles. The smallest absolute Gasteiger partial charge is 0.0773 e. The van der Waals surface area contributed by atoms with Crippen LogP contribution in [0.2, 0.25) is 0 Å². The number of nitrogens with one attached hydrogen (secondary N) is 1. The summed E-state index contributed by atoms with van der Waals surface area (Å²) in [5, 5.41) is 21.5. The van der Waals surface area contributed by atoms with E-state index in [1.54, 1.807) is 0 Å². The van der Waals surface area contributed by atoms with Gasteiger partial charge in [-0.05, 0) is 12.3 Å². The zero-order valence-corrected chi connectivity index (χ0v) is 13.4. The maximum absolute atomic E-state index is 9.84. The van der Waals surface area contributed by atoms with E-state index in [0.717, 1.165) is 25.3 Å². The highest BCUT2D eigenvalue weighted by molar-refractivity contribution is 4.61. The molecule has 1 unspecified atom stereocenters. The standard InChI is InChI=1S/C16H35NO3/c1-3-6-15(7-4-2)8-5-9-16(19)14-20-13-11-17-10-12-18/h15-19H,3-14H2,1-2H3. The molecule has 0 amide bonds. The van der Waals surface area contributed by atoms with Gasteiger partial charge in [-0.15, -0.1) is 0 Å². The Kier molecular flexibility index (Phi) is 15.1. The fourth-order valence-corrected chi connectivity index (χ4v) is 2.54. The van der Waals surface area contributed by atoms with Gasteiger partial charge < -0.3 is 20.3 Å². The SMILES string of the molecule is CCCC(CCC)CCCC(O)COCCNCCO. The number of aliphatic hydroxyl groups excluding tert-OH is 2. The Labute approximate surface area is 124 Å². The summed E-state index contributed by atoms with van der Waals surface area (Å²) in [6.07, 6.45) is 7.99. The molecule has 4 nitrogen and oxygen atoms in total. The average molecular weight is 289 g/mol. The Morgan fingerprint density at radius 3 is 2.30 bits per heavy atom. The van der Waals surface area contributed by atoms with Gasteiger partial charge >= 0.3 is 0 Å². The van der Waals surface area contributed by atoms with Crippen molar-refractivity contribution in [1.29, 1.82) is 0 Å². The van der Waals surface area contributed by atoms with Crippen LogP contribution in [-0.2, 0) is 4.74 Å². The predicted molar refractivity (Wildman–Crippen MR) is 83.9 cm³/mol. The van der Waals surface area contributed by atoms with E-state index < -0.39 is 0 Å². The Morgan fingerprint density at radius 1 is 1.00 bits per heavy atom. The first kappa shape index (κ1) is 19.8. The first-order chi connectivity index (χ1) is 9.74. The van der Waals surface area contributed by atoms with E-state index in [-0.39, 0.29) is 12.7 Å². The van der Waals surface area contributed by atoms with E-state index in [1.807, 2.05) is 0 Å². The lowest BCUT2D eigenvalue weighted by Crippen LogP contribution is -2.25. The van der Waals surface area contributed by atoms with Crippen molar-refractivity contribution in [3.63, 3.8) is 0 Å². The fourth-order valence-electron chi connectivity index (χ4n) is 2.54. The first-order valence-electron chi connectivity index (χ1n) is 8.31. The van der Waals surface area contributed by atoms with E-state index in [4.69, 9.17) is 9.84 Å². The van der Waals surface area contributed by atoms with Crippen LogP contribution in [0.25, 0.3) is 0 Å². The number of aliphatic hydroxyl groups is 2. The maximum atomic E-state index is 9.84. The van der Waals surface area contributed by atoms with Gasteiger partial charge in [-0.1, -0.05) is 52.4 Å². The summed E-state index contributed by atoms with van der Waals surface area (Å²) in [5.74, 6) is 0.834. The van der Waals surface area contributed by atoms with E-state index in [2.05, 4.69) is 19.2 Å². The molecule has 0 aliphatic carbocycles. The summed E-state index contributed by atoms with van der Waals surface area (Å²) >= 11 is 0. The minimum absolute atomic E-state index is 0.152. The van der Waals surface area contributed by atoms with Crippen molar-refractivity contribution in [2.75, 3.05) is 32.9 Å². The van der Waals surface area contributed by atoms with Crippen LogP contribution in [0.3, 0.4) is 0 Å². The van der Waals surface area contributed by atoms with Crippen molar-refractivity contribution >= 4 is 0 Å². The third-order valence-electron chi connectivity index (χ3n) is 3.57. The van der Waals surface area contributed by atoms with Gasteiger partial charge in [-0.3, -0.25) is 0 Å². The van der Waals surface area contributed by atoms with Gasteiger partial charge in [0.25, 0.3) is 0 Å². The highest BCUT2D eigenvalue weighted by Gasteiger charge is 2.09. The van der Waals surface area contributed by atoms with Gasteiger partial charge in [-0.25, -0.2) is 0 Å². The molecule has 3 N–H and O–H groups in total. The molecule has 0 saturated carbocycles. The molecule has 1 atom stereocenters. The molecule has 0 radical (unpaired) electrons. The molecule has 0 bridgehead atoms. The summed E-state index contributed by atoms with van der Waals surface area (Å²) in [4.78, 5) is 0. The number of rotatable bonds is 15. The molecule has 4 heteroatoms. The molecule has 122 valence electrons. The summed E-state index contributed by atoms with van der Waals surface area (Å²) < 4.78 is 5.40. The summed E-state index contributed by atoms with van der Waals surface area (Å²) in [5.41, 5.74) is 0. The van der Waals surface area contributed by atoms with Gasteiger partial charge in [0.2, 0.25) is 0 Å². The van der Waals surface area contributed by atoms with Gasteiger partial charge in [-0.2, -0.15) is 0 Å². The fraction of sp³-hybridized carbons (Fsp3) is 1.00. The molecule has 0 aliphatic heterocycles. The van der Waals surface area contributed by atoms with Crippen molar-refractivity contribution in [1.82, 2.24) is 5.32 Å². The van der Waals surface area contributed by atoms with Crippen molar-refractivity contribution < 1.29 is 14.9 Å². The molecule has 0 aromatic rings.